The number of aromatic nitrogens is 1. The number of rotatable bonds is 6. The minimum absolute atomic E-state index is 0.0642. The summed E-state index contributed by atoms with van der Waals surface area (Å²) in [5.74, 6) is -2.81. The highest BCUT2D eigenvalue weighted by Crippen LogP contribution is 2.52. The molecule has 3 heterocycles. The number of phenolic OH excluding ortho intramolecular Hbond substituents is 1. The predicted octanol–water partition coefficient (Wildman–Crippen LogP) is 5.09. The van der Waals surface area contributed by atoms with Gasteiger partial charge in [0, 0.05) is 16.2 Å². The second-order valence-electron chi connectivity index (χ2n) is 11.0. The van der Waals surface area contributed by atoms with Gasteiger partial charge in [0.1, 0.15) is 5.75 Å². The number of hydrogen-bond donors (Lipinski definition) is 2. The van der Waals surface area contributed by atoms with Gasteiger partial charge in [0.05, 0.1) is 30.7 Å². The van der Waals surface area contributed by atoms with Gasteiger partial charge in [0.15, 0.2) is 0 Å². The molecule has 2 aliphatic heterocycles. The Morgan fingerprint density at radius 3 is 2.71 bits per heavy atom. The zero-order chi connectivity index (χ0) is 29.4. The van der Waals surface area contributed by atoms with Crippen LogP contribution in [-0.2, 0) is 19.0 Å². The smallest absolute Gasteiger partial charge is 0.455 e. The van der Waals surface area contributed by atoms with Crippen molar-refractivity contribution >= 4 is 52.6 Å². The van der Waals surface area contributed by atoms with Crippen LogP contribution in [0.5, 0.6) is 5.75 Å². The third-order valence-corrected chi connectivity index (χ3v) is 8.78. The van der Waals surface area contributed by atoms with Gasteiger partial charge in [-0.25, -0.2) is 4.79 Å². The number of fused-ring (bicyclic) bond motifs is 3. The lowest BCUT2D eigenvalue weighted by atomic mass is 9.57. The third kappa shape index (κ3) is 5.63. The fourth-order valence-electron chi connectivity index (χ4n) is 6.46. The SMILES string of the molecule is COC(=O)N1C(=O)[C@@H]2[C@@H](CC(C(C)C)=C3[C@@H](CC/C(=C/c4cc(Br)ccc4O)c4ccccn4)OB(O)C[C@@H]32)C1=O. The van der Waals surface area contributed by atoms with Gasteiger partial charge in [-0.2, -0.15) is 4.90 Å². The minimum Gasteiger partial charge on any atom is -0.507 e. The molecule has 4 atom stereocenters. The van der Waals surface area contributed by atoms with E-state index in [0.717, 1.165) is 34.0 Å². The maximum Gasteiger partial charge on any atom is 0.455 e. The van der Waals surface area contributed by atoms with Crippen LogP contribution >= 0.6 is 15.9 Å². The van der Waals surface area contributed by atoms with E-state index in [0.29, 0.717) is 29.7 Å². The number of methoxy groups -OCH3 is 1. The molecule has 41 heavy (non-hydrogen) atoms. The molecule has 0 bridgehead atoms. The molecule has 3 aliphatic rings. The highest BCUT2D eigenvalue weighted by Gasteiger charge is 2.59. The Hall–Kier alpha value is -3.28. The molecule has 5 rings (SSSR count). The van der Waals surface area contributed by atoms with E-state index in [-0.39, 0.29) is 18.0 Å². The standard InChI is InChI=1S/C30H32BBrN2O7/c1-16(2)20-14-21-27(29(37)34(28(21)36)30(38)40-3)22-15-31(39)41-25(26(20)22)10-7-17(23-6-4-5-11-33-23)12-18-13-19(32)8-9-24(18)35/h4-6,8-9,11-13,16,21-22,25,27,35,39H,7,10,14-15H2,1-3H3/b17-12-/t21-,22+,25-,27-/m1/s1. The molecule has 0 radical (unpaired) electrons. The van der Waals surface area contributed by atoms with Crippen molar-refractivity contribution in [1.82, 2.24) is 9.88 Å². The summed E-state index contributed by atoms with van der Waals surface area (Å²) in [6, 6.07) is 10.8. The number of amides is 3. The number of pyridine rings is 1. The summed E-state index contributed by atoms with van der Waals surface area (Å²) in [5, 5.41) is 21.3. The van der Waals surface area contributed by atoms with E-state index < -0.39 is 48.9 Å². The lowest BCUT2D eigenvalue weighted by Gasteiger charge is -2.44. The van der Waals surface area contributed by atoms with E-state index in [1.54, 1.807) is 18.3 Å². The minimum atomic E-state index is -1.13. The molecule has 1 aromatic carbocycles. The molecule has 9 nitrogen and oxygen atoms in total. The van der Waals surface area contributed by atoms with Crippen LogP contribution in [0, 0.1) is 23.7 Å². The summed E-state index contributed by atoms with van der Waals surface area (Å²) in [4.78, 5) is 44.1. The molecular weight excluding hydrogens is 591 g/mol. The quantitative estimate of drug-likeness (QED) is 0.259. The molecule has 0 unspecified atom stereocenters. The van der Waals surface area contributed by atoms with Gasteiger partial charge < -0.3 is 19.5 Å². The first-order valence-electron chi connectivity index (χ1n) is 13.7. The second-order valence-corrected chi connectivity index (χ2v) is 11.9. The van der Waals surface area contributed by atoms with Crippen molar-refractivity contribution in [3.63, 3.8) is 0 Å². The van der Waals surface area contributed by atoms with Crippen molar-refractivity contribution in [2.75, 3.05) is 7.11 Å². The molecule has 0 spiro atoms. The maximum absolute atomic E-state index is 13.4. The lowest BCUT2D eigenvalue weighted by Crippen LogP contribution is -2.46. The van der Waals surface area contributed by atoms with Gasteiger partial charge in [-0.15, -0.1) is 0 Å². The Bertz CT molecular complexity index is 1430. The number of nitrogens with zero attached hydrogens (tertiary/aromatic N) is 2. The largest absolute Gasteiger partial charge is 0.507 e. The van der Waals surface area contributed by atoms with E-state index in [2.05, 4.69) is 20.9 Å². The number of aromatic hydroxyl groups is 1. The monoisotopic (exact) mass is 622 g/mol. The number of allylic oxidation sites excluding steroid dienone is 2. The van der Waals surface area contributed by atoms with Crippen LogP contribution in [0.4, 0.5) is 4.79 Å². The number of phenols is 1. The second kappa shape index (κ2) is 11.9. The van der Waals surface area contributed by atoms with Crippen LogP contribution in [0.1, 0.15) is 44.4 Å². The Morgan fingerprint density at radius 1 is 1.24 bits per heavy atom. The number of carbonyl (C=O) groups is 3. The molecule has 2 N–H and O–H groups in total. The summed E-state index contributed by atoms with van der Waals surface area (Å²) in [7, 11) is 0.00973. The fraction of sp³-hybridized carbons (Fsp3) is 0.400. The van der Waals surface area contributed by atoms with Crippen LogP contribution in [0.3, 0.4) is 0 Å². The first-order valence-corrected chi connectivity index (χ1v) is 14.5. The van der Waals surface area contributed by atoms with Gasteiger partial charge in [-0.05, 0) is 85.0 Å². The number of benzene rings is 1. The molecule has 214 valence electrons. The van der Waals surface area contributed by atoms with Gasteiger partial charge in [0.25, 0.3) is 0 Å². The normalized spacial score (nSPS) is 24.6. The number of carbonyl (C=O) groups excluding carboxylic acids is 3. The molecule has 3 amide bonds. The number of halogens is 1. The van der Waals surface area contributed by atoms with Crippen molar-refractivity contribution in [2.24, 2.45) is 23.7 Å². The topological polar surface area (TPSA) is 126 Å². The van der Waals surface area contributed by atoms with Crippen molar-refractivity contribution < 1.29 is 33.9 Å². The highest BCUT2D eigenvalue weighted by molar-refractivity contribution is 9.10. The number of hydrogen-bond acceptors (Lipinski definition) is 8. The molecule has 2 aromatic rings. The van der Waals surface area contributed by atoms with Gasteiger partial charge >= 0.3 is 13.2 Å². The molecular formula is C30H32BBrN2O7. The van der Waals surface area contributed by atoms with Crippen molar-refractivity contribution in [3.05, 3.63) is 69.5 Å². The van der Waals surface area contributed by atoms with Crippen LogP contribution in [0.25, 0.3) is 11.6 Å². The molecule has 1 aliphatic carbocycles. The Morgan fingerprint density at radius 2 is 2.02 bits per heavy atom. The molecule has 2 fully saturated rings. The average molecular weight is 623 g/mol. The zero-order valence-corrected chi connectivity index (χ0v) is 24.7. The zero-order valence-electron chi connectivity index (χ0n) is 23.1. The highest BCUT2D eigenvalue weighted by atomic mass is 79.9. The molecule has 1 aromatic heterocycles. The summed E-state index contributed by atoms with van der Waals surface area (Å²) in [6.07, 6.45) is 3.57. The number of likely N-dealkylation sites (tertiary alicyclic amines) is 1. The average Bonchev–Trinajstić information content (AvgIpc) is 3.21. The first kappa shape index (κ1) is 29.2. The van der Waals surface area contributed by atoms with Crippen LogP contribution in [-0.4, -0.2) is 58.3 Å². The van der Waals surface area contributed by atoms with E-state index in [4.69, 9.17) is 9.39 Å². The number of imide groups is 3. The van der Waals surface area contributed by atoms with E-state index in [9.17, 15) is 24.5 Å². The Labute approximate surface area is 247 Å². The maximum atomic E-state index is 13.4. The Kier molecular flexibility index (Phi) is 8.49. The van der Waals surface area contributed by atoms with E-state index in [1.807, 2.05) is 44.2 Å². The van der Waals surface area contributed by atoms with Crippen molar-refractivity contribution in [3.8, 4) is 5.75 Å². The predicted molar refractivity (Wildman–Crippen MR) is 156 cm³/mol. The van der Waals surface area contributed by atoms with Crippen molar-refractivity contribution in [1.29, 1.82) is 0 Å². The lowest BCUT2D eigenvalue weighted by molar-refractivity contribution is -0.137. The van der Waals surface area contributed by atoms with Gasteiger partial charge in [-0.1, -0.05) is 41.4 Å². The first-order chi connectivity index (χ1) is 19.6. The summed E-state index contributed by atoms with van der Waals surface area (Å²) >= 11 is 3.46. The van der Waals surface area contributed by atoms with Crippen LogP contribution in [0.15, 0.2) is 58.2 Å². The third-order valence-electron chi connectivity index (χ3n) is 8.29. The molecule has 2 saturated heterocycles. The molecule has 11 heteroatoms. The van der Waals surface area contributed by atoms with E-state index >= 15 is 0 Å². The molecule has 0 saturated carbocycles. The Balaban J connectivity index is 1.50. The fourth-order valence-corrected chi connectivity index (χ4v) is 6.84. The number of ether oxygens (including phenoxy) is 1. The van der Waals surface area contributed by atoms with E-state index in [1.165, 1.54) is 0 Å². The van der Waals surface area contributed by atoms with Crippen molar-refractivity contribution in [2.45, 2.75) is 45.5 Å². The van der Waals surface area contributed by atoms with Gasteiger partial charge in [0.2, 0.25) is 11.8 Å². The van der Waals surface area contributed by atoms with Crippen LogP contribution < -0.4 is 0 Å². The van der Waals surface area contributed by atoms with Crippen LogP contribution in [0.2, 0.25) is 6.32 Å². The van der Waals surface area contributed by atoms with Gasteiger partial charge in [-0.3, -0.25) is 14.6 Å². The summed E-state index contributed by atoms with van der Waals surface area (Å²) in [6.45, 7) is 4.08. The summed E-state index contributed by atoms with van der Waals surface area (Å²) < 4.78 is 11.7. The summed E-state index contributed by atoms with van der Waals surface area (Å²) in [5.41, 5.74) is 4.19.